The van der Waals surface area contributed by atoms with Crippen molar-refractivity contribution in [2.24, 2.45) is 5.92 Å². The summed E-state index contributed by atoms with van der Waals surface area (Å²) in [4.78, 5) is 20.1. The number of methoxy groups -OCH3 is 1. The molecule has 1 heterocycles. The van der Waals surface area contributed by atoms with Crippen LogP contribution in [0.1, 0.15) is 52.3 Å². The molecule has 0 saturated heterocycles. The summed E-state index contributed by atoms with van der Waals surface area (Å²) in [5, 5.41) is 3.41. The summed E-state index contributed by atoms with van der Waals surface area (Å²) in [7, 11) is 1.60. The van der Waals surface area contributed by atoms with Crippen LogP contribution in [0.5, 0.6) is 5.75 Å². The van der Waals surface area contributed by atoms with Crippen molar-refractivity contribution < 1.29 is 14.3 Å². The molecule has 1 rings (SSSR count). The zero-order valence-electron chi connectivity index (χ0n) is 14.9. The number of rotatable bonds is 10. The average molecular weight is 323 g/mol. The fourth-order valence-corrected chi connectivity index (χ4v) is 2.11. The Labute approximate surface area is 139 Å². The fraction of sp³-hybridized carbons (Fsp3) is 0.706. The van der Waals surface area contributed by atoms with E-state index in [-0.39, 0.29) is 17.9 Å². The van der Waals surface area contributed by atoms with Crippen molar-refractivity contribution in [2.45, 2.75) is 59.4 Å². The highest BCUT2D eigenvalue weighted by Gasteiger charge is 2.15. The quantitative estimate of drug-likeness (QED) is 0.666. The highest BCUT2D eigenvalue weighted by atomic mass is 16.5. The Bertz CT molecular complexity index is 492. The number of anilines is 1. The van der Waals surface area contributed by atoms with E-state index in [0.29, 0.717) is 24.0 Å². The Morgan fingerprint density at radius 3 is 2.70 bits per heavy atom. The number of hydrogen-bond acceptors (Lipinski definition) is 6. The van der Waals surface area contributed by atoms with E-state index in [4.69, 9.17) is 9.47 Å². The number of aromatic nitrogens is 2. The van der Waals surface area contributed by atoms with Gasteiger partial charge in [-0.3, -0.25) is 4.79 Å². The van der Waals surface area contributed by atoms with Crippen molar-refractivity contribution in [3.8, 4) is 5.75 Å². The molecule has 0 aromatic carbocycles. The maximum atomic E-state index is 11.6. The van der Waals surface area contributed by atoms with Gasteiger partial charge in [0.2, 0.25) is 0 Å². The standard InChI is InChI=1S/C17H29N3O3/c1-6-7-8-14(9-10-23-17(21)12(2)3)20-16-15(22-5)11-18-13(4)19-16/h11-12,14H,6-10H2,1-5H3,(H,18,19,20)/t14-/m0/s1. The number of carbonyl (C=O) groups excluding carboxylic acids is 1. The lowest BCUT2D eigenvalue weighted by Crippen LogP contribution is -2.24. The van der Waals surface area contributed by atoms with Gasteiger partial charge >= 0.3 is 5.97 Å². The van der Waals surface area contributed by atoms with E-state index in [1.807, 2.05) is 20.8 Å². The lowest BCUT2D eigenvalue weighted by Gasteiger charge is -2.20. The van der Waals surface area contributed by atoms with E-state index >= 15 is 0 Å². The van der Waals surface area contributed by atoms with Gasteiger partial charge in [0.15, 0.2) is 11.6 Å². The topological polar surface area (TPSA) is 73.3 Å². The first kappa shape index (κ1) is 19.2. The van der Waals surface area contributed by atoms with E-state index in [1.165, 1.54) is 0 Å². The minimum Gasteiger partial charge on any atom is -0.491 e. The van der Waals surface area contributed by atoms with Crippen LogP contribution >= 0.6 is 0 Å². The molecule has 0 amide bonds. The third-order valence-electron chi connectivity index (χ3n) is 3.52. The molecule has 0 fully saturated rings. The third kappa shape index (κ3) is 6.84. The van der Waals surface area contributed by atoms with Gasteiger partial charge in [0.1, 0.15) is 5.82 Å². The van der Waals surface area contributed by atoms with Crippen molar-refractivity contribution in [3.05, 3.63) is 12.0 Å². The number of unbranched alkanes of at least 4 members (excludes halogenated alkanes) is 1. The molecule has 130 valence electrons. The Hall–Kier alpha value is -1.85. The molecule has 0 radical (unpaired) electrons. The van der Waals surface area contributed by atoms with Gasteiger partial charge in [-0.1, -0.05) is 33.6 Å². The molecule has 1 atom stereocenters. The number of hydrogen-bond donors (Lipinski definition) is 1. The van der Waals surface area contributed by atoms with Crippen molar-refractivity contribution in [1.29, 1.82) is 0 Å². The van der Waals surface area contributed by atoms with Crippen LogP contribution in [0.4, 0.5) is 5.82 Å². The third-order valence-corrected chi connectivity index (χ3v) is 3.52. The molecule has 0 aliphatic carbocycles. The van der Waals surface area contributed by atoms with Crippen LogP contribution in [0, 0.1) is 12.8 Å². The maximum Gasteiger partial charge on any atom is 0.308 e. The highest BCUT2D eigenvalue weighted by molar-refractivity contribution is 5.71. The first-order valence-electron chi connectivity index (χ1n) is 8.28. The van der Waals surface area contributed by atoms with Crippen molar-refractivity contribution in [1.82, 2.24) is 9.97 Å². The molecule has 1 aromatic heterocycles. The van der Waals surface area contributed by atoms with Crippen molar-refractivity contribution >= 4 is 11.8 Å². The fourth-order valence-electron chi connectivity index (χ4n) is 2.11. The van der Waals surface area contributed by atoms with Crippen LogP contribution in [0.15, 0.2) is 6.20 Å². The summed E-state index contributed by atoms with van der Waals surface area (Å²) in [6.07, 6.45) is 5.61. The molecule has 1 N–H and O–H groups in total. The number of ether oxygens (including phenoxy) is 2. The first-order chi connectivity index (χ1) is 11.0. The van der Waals surface area contributed by atoms with Gasteiger partial charge in [0.25, 0.3) is 0 Å². The monoisotopic (exact) mass is 323 g/mol. The summed E-state index contributed by atoms with van der Waals surface area (Å²) in [5.74, 6) is 1.75. The van der Waals surface area contributed by atoms with E-state index in [1.54, 1.807) is 13.3 Å². The smallest absolute Gasteiger partial charge is 0.308 e. The van der Waals surface area contributed by atoms with Crippen molar-refractivity contribution in [3.63, 3.8) is 0 Å². The Morgan fingerprint density at radius 2 is 2.09 bits per heavy atom. The molecule has 0 aliphatic heterocycles. The summed E-state index contributed by atoms with van der Waals surface area (Å²) in [6.45, 7) is 8.08. The molecular formula is C17H29N3O3. The van der Waals surface area contributed by atoms with Crippen LogP contribution in [0.2, 0.25) is 0 Å². The minimum atomic E-state index is -0.158. The van der Waals surface area contributed by atoms with E-state index in [2.05, 4.69) is 22.2 Å². The second kappa shape index (κ2) is 10.0. The summed E-state index contributed by atoms with van der Waals surface area (Å²) in [5.41, 5.74) is 0. The normalized spacial score (nSPS) is 12.1. The van der Waals surface area contributed by atoms with E-state index in [0.717, 1.165) is 25.7 Å². The van der Waals surface area contributed by atoms with E-state index < -0.39 is 0 Å². The van der Waals surface area contributed by atoms with Crippen LogP contribution in [-0.2, 0) is 9.53 Å². The van der Waals surface area contributed by atoms with Gasteiger partial charge in [-0.25, -0.2) is 9.97 Å². The number of carbonyl (C=O) groups is 1. The number of esters is 1. The Balaban J connectivity index is 2.67. The second-order valence-electron chi connectivity index (χ2n) is 5.93. The Kier molecular flexibility index (Phi) is 8.37. The first-order valence-corrected chi connectivity index (χ1v) is 8.28. The average Bonchev–Trinajstić information content (AvgIpc) is 2.52. The highest BCUT2D eigenvalue weighted by Crippen LogP contribution is 2.23. The predicted octanol–water partition coefficient (Wildman–Crippen LogP) is 3.35. The van der Waals surface area contributed by atoms with Gasteiger partial charge in [-0.05, 0) is 13.3 Å². The molecular weight excluding hydrogens is 294 g/mol. The molecule has 1 aromatic rings. The van der Waals surface area contributed by atoms with Gasteiger partial charge in [-0.2, -0.15) is 0 Å². The van der Waals surface area contributed by atoms with Gasteiger partial charge in [0.05, 0.1) is 25.8 Å². The molecule has 6 heteroatoms. The van der Waals surface area contributed by atoms with E-state index in [9.17, 15) is 4.79 Å². The minimum absolute atomic E-state index is 0.0957. The van der Waals surface area contributed by atoms with Crippen LogP contribution in [0.25, 0.3) is 0 Å². The zero-order valence-corrected chi connectivity index (χ0v) is 14.9. The van der Waals surface area contributed by atoms with Crippen LogP contribution < -0.4 is 10.1 Å². The lowest BCUT2D eigenvalue weighted by atomic mass is 10.1. The van der Waals surface area contributed by atoms with Crippen molar-refractivity contribution in [2.75, 3.05) is 19.0 Å². The van der Waals surface area contributed by atoms with Gasteiger partial charge < -0.3 is 14.8 Å². The Morgan fingerprint density at radius 1 is 1.35 bits per heavy atom. The second-order valence-corrected chi connectivity index (χ2v) is 5.93. The summed E-state index contributed by atoms with van der Waals surface area (Å²) in [6, 6.07) is 0.179. The van der Waals surface area contributed by atoms with Gasteiger partial charge in [0, 0.05) is 12.5 Å². The van der Waals surface area contributed by atoms with Crippen LogP contribution in [-0.4, -0.2) is 35.7 Å². The van der Waals surface area contributed by atoms with Crippen LogP contribution in [0.3, 0.4) is 0 Å². The summed E-state index contributed by atoms with van der Waals surface area (Å²) >= 11 is 0. The molecule has 0 unspecified atom stereocenters. The molecule has 0 aliphatic rings. The summed E-state index contributed by atoms with van der Waals surface area (Å²) < 4.78 is 10.6. The molecule has 0 spiro atoms. The maximum absolute atomic E-state index is 11.6. The van der Waals surface area contributed by atoms with Gasteiger partial charge in [-0.15, -0.1) is 0 Å². The largest absolute Gasteiger partial charge is 0.491 e. The molecule has 23 heavy (non-hydrogen) atoms. The molecule has 6 nitrogen and oxygen atoms in total. The number of aryl methyl sites for hydroxylation is 1. The molecule has 0 saturated carbocycles. The SMILES string of the molecule is CCCC[C@@H](CCOC(=O)C(C)C)Nc1nc(C)ncc1OC. The molecule has 0 bridgehead atoms. The zero-order chi connectivity index (χ0) is 17.2. The number of nitrogens with one attached hydrogen (secondary N) is 1. The predicted molar refractivity (Wildman–Crippen MR) is 90.7 cm³/mol. The number of nitrogens with zero attached hydrogens (tertiary/aromatic N) is 2. The lowest BCUT2D eigenvalue weighted by molar-refractivity contribution is -0.147.